The van der Waals surface area contributed by atoms with Crippen LogP contribution in [0.2, 0.25) is 0 Å². The number of benzene rings is 3. The lowest BCUT2D eigenvalue weighted by Gasteiger charge is -2.08. The number of hydrogen-bond donors (Lipinski definition) is 0. The third-order valence-electron chi connectivity index (χ3n) is 4.62. The van der Waals surface area contributed by atoms with Crippen molar-refractivity contribution in [2.24, 2.45) is 4.99 Å². The number of ether oxygens (including phenoxy) is 2. The van der Waals surface area contributed by atoms with Crippen LogP contribution in [0.5, 0.6) is 5.75 Å². The minimum Gasteiger partial charge on any atom is -0.496 e. The van der Waals surface area contributed by atoms with Gasteiger partial charge in [0.2, 0.25) is 5.90 Å². The lowest BCUT2D eigenvalue weighted by molar-refractivity contribution is 0.236. The van der Waals surface area contributed by atoms with Crippen LogP contribution in [0, 0.1) is 27.7 Å². The summed E-state index contributed by atoms with van der Waals surface area (Å²) in [6.07, 6.45) is 3.39. The molecule has 0 aliphatic rings. The number of hydrogen-bond acceptors (Lipinski definition) is 3. The highest BCUT2D eigenvalue weighted by Gasteiger charge is 2.03. The number of nitrogens with zero attached hydrogens (tertiary/aromatic N) is 1. The third kappa shape index (κ3) is 6.35. The summed E-state index contributed by atoms with van der Waals surface area (Å²) in [5, 5.41) is 0. The van der Waals surface area contributed by atoms with Crippen LogP contribution >= 0.6 is 0 Å². The minimum atomic E-state index is 0.475. The van der Waals surface area contributed by atoms with E-state index >= 15 is 0 Å². The van der Waals surface area contributed by atoms with Crippen LogP contribution in [0.15, 0.2) is 84.1 Å². The Kier molecular flexibility index (Phi) is 6.85. The van der Waals surface area contributed by atoms with E-state index < -0.39 is 0 Å². The smallest absolute Gasteiger partial charge is 0.222 e. The van der Waals surface area contributed by atoms with Gasteiger partial charge in [-0.15, -0.1) is 0 Å². The molecule has 3 nitrogen and oxygen atoms in total. The van der Waals surface area contributed by atoms with Crippen molar-refractivity contribution >= 4 is 11.6 Å². The van der Waals surface area contributed by atoms with Crippen molar-refractivity contribution in [3.8, 4) is 5.75 Å². The van der Waals surface area contributed by atoms with Crippen molar-refractivity contribution in [2.75, 3.05) is 0 Å². The standard InChI is InChI=1S/C26H27NO2/c1-19-8-11-23(12-9-19)18-28-15-14-26(29-25-7-5-6-20(2)16-25)27-24-13-10-21(3)22(4)17-24/h5-17H,18H2,1-4H3. The van der Waals surface area contributed by atoms with E-state index in [-0.39, 0.29) is 0 Å². The minimum absolute atomic E-state index is 0.475. The van der Waals surface area contributed by atoms with Crippen LogP contribution in [-0.2, 0) is 11.3 Å². The quantitative estimate of drug-likeness (QED) is 0.267. The van der Waals surface area contributed by atoms with Crippen LogP contribution < -0.4 is 4.74 Å². The van der Waals surface area contributed by atoms with E-state index in [0.717, 1.165) is 22.6 Å². The molecule has 0 saturated heterocycles. The summed E-state index contributed by atoms with van der Waals surface area (Å²) in [6, 6.07) is 22.3. The van der Waals surface area contributed by atoms with Crippen molar-refractivity contribution in [1.29, 1.82) is 0 Å². The summed E-state index contributed by atoms with van der Waals surface area (Å²) in [6.45, 7) is 8.77. The summed E-state index contributed by atoms with van der Waals surface area (Å²) in [4.78, 5) is 4.67. The van der Waals surface area contributed by atoms with Gasteiger partial charge in [-0.1, -0.05) is 48.0 Å². The molecule has 0 atom stereocenters. The topological polar surface area (TPSA) is 30.8 Å². The molecule has 0 heterocycles. The Morgan fingerprint density at radius 2 is 1.62 bits per heavy atom. The first-order chi connectivity index (χ1) is 14.0. The maximum absolute atomic E-state index is 6.02. The van der Waals surface area contributed by atoms with Gasteiger partial charge in [0.1, 0.15) is 12.4 Å². The average molecular weight is 386 g/mol. The molecule has 0 bridgehead atoms. The molecule has 0 N–H and O–H groups in total. The molecule has 0 aliphatic carbocycles. The highest BCUT2D eigenvalue weighted by Crippen LogP contribution is 2.19. The van der Waals surface area contributed by atoms with E-state index in [0.29, 0.717) is 12.5 Å². The monoisotopic (exact) mass is 385 g/mol. The summed E-state index contributed by atoms with van der Waals surface area (Å²) in [5.41, 5.74) is 6.76. The highest BCUT2D eigenvalue weighted by molar-refractivity contribution is 5.91. The molecule has 0 aromatic heterocycles. The fraction of sp³-hybridized carbons (Fsp3) is 0.192. The van der Waals surface area contributed by atoms with Crippen molar-refractivity contribution in [3.05, 3.63) is 107 Å². The Morgan fingerprint density at radius 1 is 0.828 bits per heavy atom. The molecule has 29 heavy (non-hydrogen) atoms. The van der Waals surface area contributed by atoms with Crippen LogP contribution in [0.4, 0.5) is 5.69 Å². The molecule has 3 aromatic rings. The maximum Gasteiger partial charge on any atom is 0.222 e. The molecule has 0 saturated carbocycles. The van der Waals surface area contributed by atoms with Gasteiger partial charge in [0.05, 0.1) is 11.9 Å². The number of rotatable bonds is 6. The predicted octanol–water partition coefficient (Wildman–Crippen LogP) is 6.76. The second-order valence-electron chi connectivity index (χ2n) is 7.24. The zero-order valence-electron chi connectivity index (χ0n) is 17.5. The van der Waals surface area contributed by atoms with E-state index in [4.69, 9.17) is 9.47 Å². The van der Waals surface area contributed by atoms with Gasteiger partial charge in [0, 0.05) is 6.08 Å². The normalized spacial score (nSPS) is 11.7. The van der Waals surface area contributed by atoms with Gasteiger partial charge >= 0.3 is 0 Å². The number of aliphatic imine (C=N–C) groups is 1. The van der Waals surface area contributed by atoms with Crippen LogP contribution in [0.25, 0.3) is 0 Å². The molecule has 0 spiro atoms. The van der Waals surface area contributed by atoms with Crippen LogP contribution in [-0.4, -0.2) is 5.90 Å². The molecule has 0 fully saturated rings. The van der Waals surface area contributed by atoms with E-state index in [1.54, 1.807) is 12.3 Å². The first-order valence-electron chi connectivity index (χ1n) is 9.74. The Morgan fingerprint density at radius 3 is 2.34 bits per heavy atom. The molecule has 3 rings (SSSR count). The van der Waals surface area contributed by atoms with Gasteiger partial charge in [0.15, 0.2) is 0 Å². The zero-order chi connectivity index (χ0) is 20.6. The molecule has 0 radical (unpaired) electrons. The van der Waals surface area contributed by atoms with Gasteiger partial charge in [-0.2, -0.15) is 0 Å². The lowest BCUT2D eigenvalue weighted by Crippen LogP contribution is -2.05. The first-order valence-corrected chi connectivity index (χ1v) is 9.74. The molecule has 3 heteroatoms. The summed E-state index contributed by atoms with van der Waals surface area (Å²) in [5.74, 6) is 1.22. The van der Waals surface area contributed by atoms with E-state index in [9.17, 15) is 0 Å². The first kappa shape index (κ1) is 20.4. The lowest BCUT2D eigenvalue weighted by atomic mass is 10.1. The Balaban J connectivity index is 1.76. The van der Waals surface area contributed by atoms with Gasteiger partial charge in [-0.05, 0) is 74.2 Å². The van der Waals surface area contributed by atoms with Crippen molar-refractivity contribution in [1.82, 2.24) is 0 Å². The molecular weight excluding hydrogens is 358 g/mol. The molecule has 148 valence electrons. The average Bonchev–Trinajstić information content (AvgIpc) is 2.69. The fourth-order valence-electron chi connectivity index (χ4n) is 2.75. The predicted molar refractivity (Wildman–Crippen MR) is 120 cm³/mol. The molecule has 0 amide bonds. The second kappa shape index (κ2) is 9.74. The maximum atomic E-state index is 6.02. The third-order valence-corrected chi connectivity index (χ3v) is 4.62. The molecule has 3 aromatic carbocycles. The fourth-order valence-corrected chi connectivity index (χ4v) is 2.75. The Labute approximate surface area is 173 Å². The van der Waals surface area contributed by atoms with Gasteiger partial charge < -0.3 is 9.47 Å². The van der Waals surface area contributed by atoms with Crippen molar-refractivity contribution in [3.63, 3.8) is 0 Å². The van der Waals surface area contributed by atoms with Crippen LogP contribution in [0.3, 0.4) is 0 Å². The number of aryl methyl sites for hydroxylation is 4. The largest absolute Gasteiger partial charge is 0.496 e. The second-order valence-corrected chi connectivity index (χ2v) is 7.24. The SMILES string of the molecule is Cc1ccc(COC=CC(=Nc2ccc(C)c(C)c2)Oc2cccc(C)c2)cc1. The highest BCUT2D eigenvalue weighted by atomic mass is 16.5. The van der Waals surface area contributed by atoms with E-state index in [1.807, 2.05) is 37.3 Å². The van der Waals surface area contributed by atoms with Crippen molar-refractivity contribution in [2.45, 2.75) is 34.3 Å². The Hall–Kier alpha value is -3.33. The summed E-state index contributed by atoms with van der Waals surface area (Å²) < 4.78 is 11.7. The van der Waals surface area contributed by atoms with Gasteiger partial charge in [-0.25, -0.2) is 4.99 Å². The summed E-state index contributed by atoms with van der Waals surface area (Å²) >= 11 is 0. The van der Waals surface area contributed by atoms with Crippen LogP contribution in [0.1, 0.15) is 27.8 Å². The van der Waals surface area contributed by atoms with Gasteiger partial charge in [0.25, 0.3) is 0 Å². The van der Waals surface area contributed by atoms with E-state index in [2.05, 4.69) is 62.2 Å². The summed E-state index contributed by atoms with van der Waals surface area (Å²) in [7, 11) is 0. The molecular formula is C26H27NO2. The molecule has 0 unspecified atom stereocenters. The zero-order valence-corrected chi connectivity index (χ0v) is 17.5. The Bertz CT molecular complexity index is 1020. The van der Waals surface area contributed by atoms with Crippen molar-refractivity contribution < 1.29 is 9.47 Å². The van der Waals surface area contributed by atoms with Gasteiger partial charge in [-0.3, -0.25) is 0 Å². The molecule has 0 aliphatic heterocycles. The van der Waals surface area contributed by atoms with E-state index in [1.165, 1.54) is 16.7 Å².